The Morgan fingerprint density at radius 2 is 1.75 bits per heavy atom. The zero-order valence-corrected chi connectivity index (χ0v) is 16.8. The number of ether oxygens (including phenoxy) is 1. The summed E-state index contributed by atoms with van der Waals surface area (Å²) in [6.07, 6.45) is 9.97. The van der Waals surface area contributed by atoms with Crippen LogP contribution in [-0.4, -0.2) is 38.1 Å². The number of methoxy groups -OCH3 is 1. The SMILES string of the molecule is CC.COCCc1ccc(-c2c(C)nc3c(-c4ccncc4)nccn23)cn1. The molecule has 0 amide bonds. The summed E-state index contributed by atoms with van der Waals surface area (Å²) in [6.45, 7) is 6.68. The standard InChI is InChI=1S/C20H19N5O.C2H6/c1-14-19(16-3-4-17(23-13-16)7-12-26-2)25-11-10-22-18(20(25)24-14)15-5-8-21-9-6-15;1-2/h3-6,8-11,13H,7,12H2,1-2H3;1-2H3. The second-order valence-electron chi connectivity index (χ2n) is 6.03. The molecule has 6 heteroatoms. The van der Waals surface area contributed by atoms with E-state index in [1.807, 2.05) is 51.4 Å². The van der Waals surface area contributed by atoms with Gasteiger partial charge in [0.15, 0.2) is 5.65 Å². The third-order valence-electron chi connectivity index (χ3n) is 4.33. The fourth-order valence-electron chi connectivity index (χ4n) is 3.07. The summed E-state index contributed by atoms with van der Waals surface area (Å²) < 4.78 is 7.19. The minimum atomic E-state index is 0.669. The van der Waals surface area contributed by atoms with E-state index >= 15 is 0 Å². The van der Waals surface area contributed by atoms with E-state index in [1.165, 1.54) is 0 Å². The Morgan fingerprint density at radius 1 is 0.964 bits per heavy atom. The minimum Gasteiger partial charge on any atom is -0.384 e. The van der Waals surface area contributed by atoms with Crippen molar-refractivity contribution >= 4 is 5.65 Å². The van der Waals surface area contributed by atoms with E-state index in [2.05, 4.69) is 25.4 Å². The van der Waals surface area contributed by atoms with Crippen LogP contribution in [0.25, 0.3) is 28.2 Å². The fraction of sp³-hybridized carbons (Fsp3) is 0.273. The van der Waals surface area contributed by atoms with Gasteiger partial charge in [0, 0.05) is 61.3 Å². The van der Waals surface area contributed by atoms with Crippen molar-refractivity contribution in [3.05, 3.63) is 66.6 Å². The van der Waals surface area contributed by atoms with Crippen LogP contribution in [0.1, 0.15) is 25.2 Å². The van der Waals surface area contributed by atoms with E-state index in [0.717, 1.165) is 46.0 Å². The predicted molar refractivity (Wildman–Crippen MR) is 111 cm³/mol. The van der Waals surface area contributed by atoms with Crippen molar-refractivity contribution in [2.75, 3.05) is 13.7 Å². The Labute approximate surface area is 165 Å². The van der Waals surface area contributed by atoms with E-state index in [-0.39, 0.29) is 0 Å². The predicted octanol–water partition coefficient (Wildman–Crippen LogP) is 4.38. The molecule has 0 radical (unpaired) electrons. The molecule has 0 atom stereocenters. The number of nitrogens with zero attached hydrogens (tertiary/aromatic N) is 5. The minimum absolute atomic E-state index is 0.669. The van der Waals surface area contributed by atoms with Gasteiger partial charge in [-0.15, -0.1) is 0 Å². The zero-order valence-electron chi connectivity index (χ0n) is 16.8. The molecule has 28 heavy (non-hydrogen) atoms. The largest absolute Gasteiger partial charge is 0.384 e. The second-order valence-corrected chi connectivity index (χ2v) is 6.03. The smallest absolute Gasteiger partial charge is 0.164 e. The average molecular weight is 375 g/mol. The summed E-state index contributed by atoms with van der Waals surface area (Å²) in [6, 6.07) is 8.01. The quantitative estimate of drug-likeness (QED) is 0.518. The molecule has 0 aliphatic rings. The Hall–Kier alpha value is -3.12. The van der Waals surface area contributed by atoms with Crippen LogP contribution >= 0.6 is 0 Å². The third-order valence-corrected chi connectivity index (χ3v) is 4.33. The number of aryl methyl sites for hydroxylation is 1. The van der Waals surface area contributed by atoms with E-state index in [0.29, 0.717) is 6.61 Å². The lowest BCUT2D eigenvalue weighted by Gasteiger charge is -2.06. The topological polar surface area (TPSA) is 65.2 Å². The van der Waals surface area contributed by atoms with Crippen LogP contribution in [-0.2, 0) is 11.2 Å². The first-order valence-corrected chi connectivity index (χ1v) is 9.46. The van der Waals surface area contributed by atoms with Gasteiger partial charge in [-0.25, -0.2) is 4.98 Å². The van der Waals surface area contributed by atoms with Gasteiger partial charge in [-0.1, -0.05) is 13.8 Å². The molecular weight excluding hydrogens is 350 g/mol. The molecule has 0 saturated heterocycles. The maximum Gasteiger partial charge on any atom is 0.164 e. The second kappa shape index (κ2) is 9.19. The van der Waals surface area contributed by atoms with Crippen LogP contribution in [0, 0.1) is 6.92 Å². The van der Waals surface area contributed by atoms with Gasteiger partial charge in [0.25, 0.3) is 0 Å². The Balaban J connectivity index is 0.00000109. The highest BCUT2D eigenvalue weighted by molar-refractivity contribution is 5.77. The highest BCUT2D eigenvalue weighted by atomic mass is 16.5. The first-order valence-electron chi connectivity index (χ1n) is 9.46. The molecule has 0 unspecified atom stereocenters. The molecule has 0 aliphatic carbocycles. The summed E-state index contributed by atoms with van der Waals surface area (Å²) in [5.74, 6) is 0. The Kier molecular flexibility index (Phi) is 6.45. The van der Waals surface area contributed by atoms with Gasteiger partial charge in [0.1, 0.15) is 5.69 Å². The lowest BCUT2D eigenvalue weighted by Crippen LogP contribution is -1.98. The van der Waals surface area contributed by atoms with Crippen molar-refractivity contribution in [1.82, 2.24) is 24.3 Å². The first-order chi connectivity index (χ1) is 13.8. The normalized spacial score (nSPS) is 10.6. The number of pyridine rings is 2. The number of fused-ring (bicyclic) bond motifs is 1. The third kappa shape index (κ3) is 3.92. The van der Waals surface area contributed by atoms with Gasteiger partial charge < -0.3 is 4.74 Å². The molecule has 0 fully saturated rings. The number of hydrogen-bond donors (Lipinski definition) is 0. The summed E-state index contributed by atoms with van der Waals surface area (Å²) in [7, 11) is 1.70. The van der Waals surface area contributed by atoms with Gasteiger partial charge in [-0.2, -0.15) is 0 Å². The monoisotopic (exact) mass is 375 g/mol. The lowest BCUT2D eigenvalue weighted by molar-refractivity contribution is 0.201. The van der Waals surface area contributed by atoms with Gasteiger partial charge >= 0.3 is 0 Å². The van der Waals surface area contributed by atoms with Crippen LogP contribution in [0.15, 0.2) is 55.2 Å². The van der Waals surface area contributed by atoms with Crippen molar-refractivity contribution in [1.29, 1.82) is 0 Å². The van der Waals surface area contributed by atoms with Gasteiger partial charge in [-0.3, -0.25) is 19.4 Å². The molecule has 0 saturated carbocycles. The summed E-state index contributed by atoms with van der Waals surface area (Å²) >= 11 is 0. The molecule has 4 rings (SSSR count). The first kappa shape index (κ1) is 19.6. The van der Waals surface area contributed by atoms with Crippen molar-refractivity contribution in [2.24, 2.45) is 0 Å². The number of aromatic nitrogens is 5. The van der Waals surface area contributed by atoms with Crippen molar-refractivity contribution in [3.8, 4) is 22.5 Å². The van der Waals surface area contributed by atoms with Crippen LogP contribution < -0.4 is 0 Å². The Morgan fingerprint density at radius 3 is 2.43 bits per heavy atom. The molecule has 4 aromatic heterocycles. The Bertz CT molecular complexity index is 1030. The van der Waals surface area contributed by atoms with Crippen molar-refractivity contribution in [2.45, 2.75) is 27.2 Å². The summed E-state index contributed by atoms with van der Waals surface area (Å²) in [5.41, 5.74) is 6.69. The zero-order chi connectivity index (χ0) is 19.9. The molecule has 4 heterocycles. The van der Waals surface area contributed by atoms with Gasteiger partial charge in [-0.05, 0) is 31.2 Å². The molecule has 0 bridgehead atoms. The van der Waals surface area contributed by atoms with Gasteiger partial charge in [0.05, 0.1) is 18.0 Å². The molecule has 0 aliphatic heterocycles. The molecule has 6 nitrogen and oxygen atoms in total. The fourth-order valence-corrected chi connectivity index (χ4v) is 3.07. The molecular formula is C22H25N5O. The van der Waals surface area contributed by atoms with E-state index in [1.54, 1.807) is 25.7 Å². The number of imidazole rings is 1. The van der Waals surface area contributed by atoms with Crippen LogP contribution in [0.4, 0.5) is 0 Å². The number of rotatable bonds is 5. The summed E-state index contributed by atoms with van der Waals surface area (Å²) in [4.78, 5) is 17.9. The average Bonchev–Trinajstić information content (AvgIpc) is 3.10. The highest BCUT2D eigenvalue weighted by Crippen LogP contribution is 2.28. The molecule has 0 spiro atoms. The van der Waals surface area contributed by atoms with E-state index < -0.39 is 0 Å². The summed E-state index contributed by atoms with van der Waals surface area (Å²) in [5, 5.41) is 0. The molecule has 4 aromatic rings. The van der Waals surface area contributed by atoms with Crippen molar-refractivity contribution in [3.63, 3.8) is 0 Å². The molecule has 0 aromatic carbocycles. The number of hydrogen-bond acceptors (Lipinski definition) is 5. The molecule has 0 N–H and O–H groups in total. The maximum absolute atomic E-state index is 5.11. The van der Waals surface area contributed by atoms with Crippen LogP contribution in [0.3, 0.4) is 0 Å². The van der Waals surface area contributed by atoms with Crippen LogP contribution in [0.2, 0.25) is 0 Å². The van der Waals surface area contributed by atoms with Crippen molar-refractivity contribution < 1.29 is 4.74 Å². The van der Waals surface area contributed by atoms with Gasteiger partial charge in [0.2, 0.25) is 0 Å². The molecule has 144 valence electrons. The van der Waals surface area contributed by atoms with E-state index in [9.17, 15) is 0 Å². The van der Waals surface area contributed by atoms with Crippen LogP contribution in [0.5, 0.6) is 0 Å². The maximum atomic E-state index is 5.11. The van der Waals surface area contributed by atoms with E-state index in [4.69, 9.17) is 9.72 Å². The lowest BCUT2D eigenvalue weighted by atomic mass is 10.1. The highest BCUT2D eigenvalue weighted by Gasteiger charge is 2.15.